The van der Waals surface area contributed by atoms with Crippen LogP contribution in [-0.4, -0.2) is 88.8 Å². The Morgan fingerprint density at radius 3 is 1.22 bits per heavy atom. The quantitative estimate of drug-likeness (QED) is 0.158. The van der Waals surface area contributed by atoms with Crippen molar-refractivity contribution in [3.8, 4) is 0 Å². The number of nitro groups is 2. The average Bonchev–Trinajstić information content (AvgIpc) is 3.11. The first kappa shape index (κ1) is 30.9. The first-order valence-electron chi connectivity index (χ1n) is 15.0. The molecule has 0 spiro atoms. The Balaban J connectivity index is 1.54. The largest absolute Gasteiger partial charge is 0.378 e. The normalized spacial score (nSPS) is 17.6. The van der Waals surface area contributed by atoms with Crippen LogP contribution in [0.3, 0.4) is 0 Å². The lowest BCUT2D eigenvalue weighted by Gasteiger charge is -2.37. The van der Waals surface area contributed by atoms with Gasteiger partial charge in [0.05, 0.1) is 77.9 Å². The Morgan fingerprint density at radius 1 is 0.522 bits per heavy atom. The second-order valence-electron chi connectivity index (χ2n) is 10.7. The van der Waals surface area contributed by atoms with Crippen LogP contribution in [0.15, 0.2) is 75.1 Å². The molecule has 240 valence electrons. The van der Waals surface area contributed by atoms with E-state index >= 15 is 0 Å². The Labute approximate surface area is 264 Å². The Bertz CT molecular complexity index is 1490. The molecule has 3 aromatic carbocycles. The summed E-state index contributed by atoms with van der Waals surface area (Å²) in [6, 6.07) is 13.9. The molecule has 0 amide bonds. The number of rotatable bonds is 9. The van der Waals surface area contributed by atoms with Crippen LogP contribution in [0.5, 0.6) is 0 Å². The van der Waals surface area contributed by atoms with Gasteiger partial charge in [0.15, 0.2) is 0 Å². The van der Waals surface area contributed by atoms with Gasteiger partial charge in [-0.15, -0.1) is 10.2 Å². The molecule has 0 N–H and O–H groups in total. The summed E-state index contributed by atoms with van der Waals surface area (Å²) < 4.78 is 17.0. The lowest BCUT2D eigenvalue weighted by atomic mass is 10.1. The standard InChI is InChI=1S/C30H33N9O7/c40-38(41)24-5-1-22(2-6-24)31-33-28-26(35-9-15-44-16-10-35)21-27(36-11-17-45-18-12-36)29(30(28)37-13-19-46-20-14-37)34-32-23-3-7-25(8-4-23)39(42)43/h1-8,21H,9-20H2. The van der Waals surface area contributed by atoms with E-state index in [9.17, 15) is 20.2 Å². The number of nitrogens with zero attached hydrogens (tertiary/aromatic N) is 9. The van der Waals surface area contributed by atoms with Crippen molar-refractivity contribution in [2.45, 2.75) is 0 Å². The second-order valence-corrected chi connectivity index (χ2v) is 10.7. The Hall–Kier alpha value is -5.06. The molecule has 6 rings (SSSR count). The molecular formula is C30H33N9O7. The molecule has 0 radical (unpaired) electrons. The maximum atomic E-state index is 11.2. The molecule has 3 heterocycles. The van der Waals surface area contributed by atoms with E-state index in [0.717, 1.165) is 17.1 Å². The fraction of sp³-hybridized carbons (Fsp3) is 0.400. The van der Waals surface area contributed by atoms with E-state index in [4.69, 9.17) is 24.4 Å². The van der Waals surface area contributed by atoms with Gasteiger partial charge in [-0.3, -0.25) is 20.2 Å². The van der Waals surface area contributed by atoms with Crippen LogP contribution in [0.4, 0.5) is 51.2 Å². The third kappa shape index (κ3) is 7.09. The van der Waals surface area contributed by atoms with E-state index in [-0.39, 0.29) is 11.4 Å². The highest BCUT2D eigenvalue weighted by Crippen LogP contribution is 2.52. The molecule has 3 aromatic rings. The van der Waals surface area contributed by atoms with E-state index in [2.05, 4.69) is 31.0 Å². The summed E-state index contributed by atoms with van der Waals surface area (Å²) in [5, 5.41) is 41.1. The molecular weight excluding hydrogens is 598 g/mol. The number of azo groups is 2. The molecule has 3 aliphatic rings. The van der Waals surface area contributed by atoms with Crippen molar-refractivity contribution in [1.29, 1.82) is 0 Å². The fourth-order valence-electron chi connectivity index (χ4n) is 5.49. The molecule has 0 unspecified atom stereocenters. The van der Waals surface area contributed by atoms with Crippen molar-refractivity contribution >= 4 is 51.2 Å². The fourth-order valence-corrected chi connectivity index (χ4v) is 5.49. The Morgan fingerprint density at radius 2 is 0.870 bits per heavy atom. The number of non-ortho nitro benzene ring substituents is 2. The highest BCUT2D eigenvalue weighted by Gasteiger charge is 2.30. The summed E-state index contributed by atoms with van der Waals surface area (Å²) in [6.45, 7) is 6.98. The molecule has 0 saturated carbocycles. The summed E-state index contributed by atoms with van der Waals surface area (Å²) in [4.78, 5) is 28.1. The molecule has 46 heavy (non-hydrogen) atoms. The van der Waals surface area contributed by atoms with Crippen LogP contribution < -0.4 is 14.7 Å². The van der Waals surface area contributed by atoms with Gasteiger partial charge in [-0.25, -0.2) is 0 Å². The minimum Gasteiger partial charge on any atom is -0.378 e. The molecule has 3 aliphatic heterocycles. The number of morpholine rings is 3. The number of nitro benzene ring substituents is 2. The SMILES string of the molecule is O=[N+]([O-])c1ccc(N=Nc2c(N3CCOCC3)cc(N3CCOCC3)c(N=Nc3ccc([N+](=O)[O-])cc3)c2N2CCOCC2)cc1. The van der Waals surface area contributed by atoms with Gasteiger partial charge in [0.25, 0.3) is 11.4 Å². The van der Waals surface area contributed by atoms with Gasteiger partial charge in [0.1, 0.15) is 11.4 Å². The predicted molar refractivity (Wildman–Crippen MR) is 170 cm³/mol. The van der Waals surface area contributed by atoms with Crippen LogP contribution in [0.25, 0.3) is 0 Å². The van der Waals surface area contributed by atoms with Crippen LogP contribution >= 0.6 is 0 Å². The number of hydrogen-bond donors (Lipinski definition) is 0. The maximum Gasteiger partial charge on any atom is 0.269 e. The third-order valence-corrected chi connectivity index (χ3v) is 7.89. The molecule has 0 aromatic heterocycles. The van der Waals surface area contributed by atoms with E-state index in [1.54, 1.807) is 24.3 Å². The maximum absolute atomic E-state index is 11.2. The van der Waals surface area contributed by atoms with Gasteiger partial charge >= 0.3 is 0 Å². The van der Waals surface area contributed by atoms with Gasteiger partial charge in [-0.05, 0) is 30.3 Å². The topological polar surface area (TPSA) is 173 Å². The molecule has 16 nitrogen and oxygen atoms in total. The van der Waals surface area contributed by atoms with Crippen LogP contribution in [0.2, 0.25) is 0 Å². The van der Waals surface area contributed by atoms with E-state index in [0.29, 0.717) is 102 Å². The van der Waals surface area contributed by atoms with Crippen LogP contribution in [0.1, 0.15) is 0 Å². The first-order chi connectivity index (χ1) is 22.5. The van der Waals surface area contributed by atoms with Gasteiger partial charge in [0, 0.05) is 63.5 Å². The highest BCUT2D eigenvalue weighted by molar-refractivity contribution is 5.97. The molecule has 0 aliphatic carbocycles. The van der Waals surface area contributed by atoms with Gasteiger partial charge < -0.3 is 28.9 Å². The average molecular weight is 632 g/mol. The zero-order valence-corrected chi connectivity index (χ0v) is 25.1. The van der Waals surface area contributed by atoms with Gasteiger partial charge in [-0.2, -0.15) is 10.2 Å². The summed E-state index contributed by atoms with van der Waals surface area (Å²) in [6.07, 6.45) is 0. The number of ether oxygens (including phenoxy) is 3. The van der Waals surface area contributed by atoms with Crippen LogP contribution in [0, 0.1) is 20.2 Å². The lowest BCUT2D eigenvalue weighted by Crippen LogP contribution is -2.39. The van der Waals surface area contributed by atoms with Crippen molar-refractivity contribution in [3.05, 3.63) is 74.8 Å². The van der Waals surface area contributed by atoms with Gasteiger partial charge in [0.2, 0.25) is 0 Å². The minimum absolute atomic E-state index is 0.0363. The molecule has 16 heteroatoms. The zero-order valence-electron chi connectivity index (χ0n) is 25.1. The van der Waals surface area contributed by atoms with Crippen molar-refractivity contribution in [3.63, 3.8) is 0 Å². The summed E-state index contributed by atoms with van der Waals surface area (Å²) in [5.41, 5.74) is 4.43. The monoisotopic (exact) mass is 631 g/mol. The van der Waals surface area contributed by atoms with Crippen molar-refractivity contribution < 1.29 is 24.1 Å². The van der Waals surface area contributed by atoms with E-state index < -0.39 is 9.85 Å². The number of anilines is 3. The Kier molecular flexibility index (Phi) is 9.66. The summed E-state index contributed by atoms with van der Waals surface area (Å²) in [5.74, 6) is 0. The van der Waals surface area contributed by atoms with E-state index in [1.807, 2.05) is 0 Å². The van der Waals surface area contributed by atoms with Crippen molar-refractivity contribution in [1.82, 2.24) is 0 Å². The van der Waals surface area contributed by atoms with Crippen molar-refractivity contribution in [2.24, 2.45) is 20.5 Å². The third-order valence-electron chi connectivity index (χ3n) is 7.89. The molecule has 0 bridgehead atoms. The van der Waals surface area contributed by atoms with Gasteiger partial charge in [-0.1, -0.05) is 0 Å². The smallest absolute Gasteiger partial charge is 0.269 e. The first-order valence-corrected chi connectivity index (χ1v) is 15.0. The molecule has 0 atom stereocenters. The molecule has 3 saturated heterocycles. The van der Waals surface area contributed by atoms with Crippen molar-refractivity contribution in [2.75, 3.05) is 93.6 Å². The van der Waals surface area contributed by atoms with Crippen LogP contribution in [-0.2, 0) is 14.2 Å². The minimum atomic E-state index is -0.458. The summed E-state index contributed by atoms with van der Waals surface area (Å²) in [7, 11) is 0. The number of hydrogen-bond acceptors (Lipinski definition) is 14. The summed E-state index contributed by atoms with van der Waals surface area (Å²) >= 11 is 0. The van der Waals surface area contributed by atoms with E-state index in [1.165, 1.54) is 24.3 Å². The lowest BCUT2D eigenvalue weighted by molar-refractivity contribution is -0.385. The predicted octanol–water partition coefficient (Wildman–Crippen LogP) is 5.84. The number of benzene rings is 3. The molecule has 3 fully saturated rings. The zero-order chi connectivity index (χ0) is 31.9. The second kappa shape index (κ2) is 14.4. The highest BCUT2D eigenvalue weighted by atomic mass is 16.6.